The predicted octanol–water partition coefficient (Wildman–Crippen LogP) is 4.50. The first kappa shape index (κ1) is 18.3. The fourth-order valence-corrected chi connectivity index (χ4v) is 4.17. The lowest BCUT2D eigenvalue weighted by atomic mass is 9.90. The Labute approximate surface area is 157 Å². The normalized spacial score (nSPS) is 12.7. The number of aryl methyl sites for hydroxylation is 1. The molecular weight excluding hydrogens is 348 g/mol. The maximum Gasteiger partial charge on any atom is 0.310 e. The molecule has 3 rings (SSSR count). The van der Waals surface area contributed by atoms with Crippen molar-refractivity contribution in [1.82, 2.24) is 0 Å². The molecule has 1 aliphatic rings. The summed E-state index contributed by atoms with van der Waals surface area (Å²) in [4.78, 5) is 26.3. The summed E-state index contributed by atoms with van der Waals surface area (Å²) in [6.45, 7) is 2.01. The quantitative estimate of drug-likeness (QED) is 0.744. The third-order valence-electron chi connectivity index (χ3n) is 4.35. The Morgan fingerprint density at radius 2 is 1.42 bits per heavy atom. The summed E-state index contributed by atoms with van der Waals surface area (Å²) in [7, 11) is 2.75. The maximum absolute atomic E-state index is 12.1. The SMILES string of the molecule is COC(=O)CC1=C(CC(=O)OC)c2cc(C)ccc2Sc2ccccc21. The van der Waals surface area contributed by atoms with Gasteiger partial charge in [-0.25, -0.2) is 0 Å². The predicted molar refractivity (Wildman–Crippen MR) is 102 cm³/mol. The first-order chi connectivity index (χ1) is 12.5. The van der Waals surface area contributed by atoms with Gasteiger partial charge in [0.2, 0.25) is 0 Å². The van der Waals surface area contributed by atoms with E-state index in [0.717, 1.165) is 37.6 Å². The Balaban J connectivity index is 2.30. The van der Waals surface area contributed by atoms with E-state index in [2.05, 4.69) is 18.2 Å². The van der Waals surface area contributed by atoms with Crippen molar-refractivity contribution in [3.05, 3.63) is 59.2 Å². The van der Waals surface area contributed by atoms with Crippen LogP contribution in [-0.4, -0.2) is 26.2 Å². The second-order valence-electron chi connectivity index (χ2n) is 6.06. The molecule has 4 nitrogen and oxygen atoms in total. The molecule has 0 radical (unpaired) electrons. The van der Waals surface area contributed by atoms with Gasteiger partial charge in [0, 0.05) is 9.79 Å². The Morgan fingerprint density at radius 3 is 2.08 bits per heavy atom. The molecule has 0 atom stereocenters. The van der Waals surface area contributed by atoms with Gasteiger partial charge in [0.1, 0.15) is 0 Å². The minimum absolute atomic E-state index is 0.105. The first-order valence-electron chi connectivity index (χ1n) is 8.27. The van der Waals surface area contributed by atoms with Gasteiger partial charge in [0.15, 0.2) is 0 Å². The molecule has 0 amide bonds. The summed E-state index contributed by atoms with van der Waals surface area (Å²) in [5.74, 6) is -0.669. The van der Waals surface area contributed by atoms with E-state index in [0.29, 0.717) is 0 Å². The Hall–Kier alpha value is -2.53. The van der Waals surface area contributed by atoms with E-state index < -0.39 is 0 Å². The monoisotopic (exact) mass is 368 g/mol. The number of ether oxygens (including phenoxy) is 2. The minimum Gasteiger partial charge on any atom is -0.469 e. The highest BCUT2D eigenvalue weighted by molar-refractivity contribution is 7.99. The van der Waals surface area contributed by atoms with Crippen LogP contribution < -0.4 is 0 Å². The van der Waals surface area contributed by atoms with Crippen LogP contribution in [0.3, 0.4) is 0 Å². The van der Waals surface area contributed by atoms with Crippen LogP contribution in [0.15, 0.2) is 52.3 Å². The van der Waals surface area contributed by atoms with Gasteiger partial charge in [-0.3, -0.25) is 9.59 Å². The van der Waals surface area contributed by atoms with Gasteiger partial charge in [0.25, 0.3) is 0 Å². The lowest BCUT2D eigenvalue weighted by Crippen LogP contribution is -2.07. The number of carbonyl (C=O) groups is 2. The van der Waals surface area contributed by atoms with Gasteiger partial charge in [-0.2, -0.15) is 0 Å². The van der Waals surface area contributed by atoms with Gasteiger partial charge < -0.3 is 9.47 Å². The molecule has 0 spiro atoms. The van der Waals surface area contributed by atoms with Crippen molar-refractivity contribution in [1.29, 1.82) is 0 Å². The molecule has 2 aromatic carbocycles. The van der Waals surface area contributed by atoms with Crippen LogP contribution in [0.25, 0.3) is 11.1 Å². The van der Waals surface area contributed by atoms with E-state index in [9.17, 15) is 9.59 Å². The molecular formula is C21H20O4S. The molecule has 134 valence electrons. The molecule has 0 fully saturated rings. The number of carbonyl (C=O) groups excluding carboxylic acids is 2. The fourth-order valence-electron chi connectivity index (χ4n) is 3.05. The molecule has 0 N–H and O–H groups in total. The van der Waals surface area contributed by atoms with Crippen LogP contribution in [0.2, 0.25) is 0 Å². The van der Waals surface area contributed by atoms with Crippen molar-refractivity contribution >= 4 is 34.8 Å². The average Bonchev–Trinajstić information content (AvgIpc) is 2.77. The Bertz CT molecular complexity index is 899. The van der Waals surface area contributed by atoms with Crippen molar-refractivity contribution in [2.75, 3.05) is 14.2 Å². The number of methoxy groups -OCH3 is 2. The minimum atomic E-state index is -0.335. The van der Waals surface area contributed by atoms with Gasteiger partial charge in [-0.1, -0.05) is 47.7 Å². The van der Waals surface area contributed by atoms with E-state index in [-0.39, 0.29) is 24.8 Å². The van der Waals surface area contributed by atoms with Crippen LogP contribution in [0, 0.1) is 6.92 Å². The number of benzene rings is 2. The molecule has 5 heteroatoms. The molecule has 0 aliphatic carbocycles. The highest BCUT2D eigenvalue weighted by atomic mass is 32.2. The van der Waals surface area contributed by atoms with Gasteiger partial charge in [-0.05, 0) is 41.3 Å². The molecule has 1 aliphatic heterocycles. The number of fused-ring (bicyclic) bond motifs is 2. The van der Waals surface area contributed by atoms with E-state index in [4.69, 9.17) is 9.47 Å². The molecule has 0 unspecified atom stereocenters. The number of esters is 2. The molecule has 1 heterocycles. The van der Waals surface area contributed by atoms with Crippen molar-refractivity contribution < 1.29 is 19.1 Å². The Morgan fingerprint density at radius 1 is 0.846 bits per heavy atom. The number of hydrogen-bond donors (Lipinski definition) is 0. The molecule has 0 aromatic heterocycles. The molecule has 2 aromatic rings. The molecule has 0 saturated carbocycles. The van der Waals surface area contributed by atoms with E-state index >= 15 is 0 Å². The zero-order valence-corrected chi connectivity index (χ0v) is 15.8. The summed E-state index contributed by atoms with van der Waals surface area (Å²) < 4.78 is 9.81. The summed E-state index contributed by atoms with van der Waals surface area (Å²) in [5.41, 5.74) is 4.65. The highest BCUT2D eigenvalue weighted by Crippen LogP contribution is 2.46. The fraction of sp³-hybridized carbons (Fsp3) is 0.238. The van der Waals surface area contributed by atoms with Crippen LogP contribution in [0.5, 0.6) is 0 Å². The van der Waals surface area contributed by atoms with Crippen LogP contribution >= 0.6 is 11.8 Å². The van der Waals surface area contributed by atoms with Crippen molar-refractivity contribution in [2.45, 2.75) is 29.6 Å². The van der Waals surface area contributed by atoms with Crippen molar-refractivity contribution in [2.24, 2.45) is 0 Å². The van der Waals surface area contributed by atoms with Crippen LogP contribution in [0.4, 0.5) is 0 Å². The van der Waals surface area contributed by atoms with E-state index in [1.54, 1.807) is 11.8 Å². The van der Waals surface area contributed by atoms with E-state index in [1.807, 2.05) is 31.2 Å². The molecule has 0 saturated heterocycles. The van der Waals surface area contributed by atoms with Crippen LogP contribution in [-0.2, 0) is 19.1 Å². The second kappa shape index (κ2) is 7.79. The van der Waals surface area contributed by atoms with Crippen molar-refractivity contribution in [3.8, 4) is 0 Å². The summed E-state index contributed by atoms with van der Waals surface area (Å²) >= 11 is 1.64. The smallest absolute Gasteiger partial charge is 0.310 e. The standard InChI is InChI=1S/C21H20O4S/c1-13-8-9-19-17(10-13)16(12-21(23)25-3)15(11-20(22)24-2)14-6-4-5-7-18(14)26-19/h4-10H,11-12H2,1-3H3. The third-order valence-corrected chi connectivity index (χ3v) is 5.51. The zero-order valence-electron chi connectivity index (χ0n) is 15.0. The molecule has 26 heavy (non-hydrogen) atoms. The summed E-state index contributed by atoms with van der Waals surface area (Å²) in [6.07, 6.45) is 0.210. The lowest BCUT2D eigenvalue weighted by molar-refractivity contribution is -0.140. The number of rotatable bonds is 4. The average molecular weight is 368 g/mol. The zero-order chi connectivity index (χ0) is 18.7. The highest BCUT2D eigenvalue weighted by Gasteiger charge is 2.25. The van der Waals surface area contributed by atoms with Crippen molar-refractivity contribution in [3.63, 3.8) is 0 Å². The van der Waals surface area contributed by atoms with Crippen LogP contribution in [0.1, 0.15) is 29.5 Å². The topological polar surface area (TPSA) is 52.6 Å². The lowest BCUT2D eigenvalue weighted by Gasteiger charge is -2.15. The summed E-state index contributed by atoms with van der Waals surface area (Å²) in [6, 6.07) is 14.1. The van der Waals surface area contributed by atoms with Gasteiger partial charge in [0.05, 0.1) is 27.1 Å². The largest absolute Gasteiger partial charge is 0.469 e. The third kappa shape index (κ3) is 3.68. The Kier molecular flexibility index (Phi) is 5.47. The van der Waals surface area contributed by atoms with E-state index in [1.165, 1.54) is 14.2 Å². The molecule has 0 bridgehead atoms. The van der Waals surface area contributed by atoms with Gasteiger partial charge in [-0.15, -0.1) is 0 Å². The second-order valence-corrected chi connectivity index (χ2v) is 7.14. The summed E-state index contributed by atoms with van der Waals surface area (Å²) in [5, 5.41) is 0. The van der Waals surface area contributed by atoms with Gasteiger partial charge >= 0.3 is 11.9 Å². The maximum atomic E-state index is 12.1. The first-order valence-corrected chi connectivity index (χ1v) is 9.09. The number of hydrogen-bond acceptors (Lipinski definition) is 5.